The molecule has 3 heterocycles. The average Bonchev–Trinajstić information content (AvgIpc) is 3.13. The number of nitrogens with zero attached hydrogens (tertiary/aromatic N) is 2. The summed E-state index contributed by atoms with van der Waals surface area (Å²) in [6.45, 7) is 4.80. The van der Waals surface area contributed by atoms with E-state index in [1.54, 1.807) is 24.3 Å². The lowest BCUT2D eigenvalue weighted by Crippen LogP contribution is -2.39. The Morgan fingerprint density at radius 2 is 1.74 bits per heavy atom. The summed E-state index contributed by atoms with van der Waals surface area (Å²) in [5.74, 6) is -1.33. The molecule has 5 rings (SSSR count). The lowest BCUT2D eigenvalue weighted by Gasteiger charge is -2.29. The smallest absolute Gasteiger partial charge is 0.295 e. The monoisotopic (exact) mass is 482 g/mol. The van der Waals surface area contributed by atoms with Crippen molar-refractivity contribution >= 4 is 17.4 Å². The van der Waals surface area contributed by atoms with Gasteiger partial charge in [-0.25, -0.2) is 4.39 Å². The Balaban J connectivity index is 1.48. The molecule has 1 amide bonds. The first-order chi connectivity index (χ1) is 17.0. The molecule has 2 aromatic carbocycles. The second-order valence-corrected chi connectivity index (χ2v) is 8.71. The second kappa shape index (κ2) is 10.1. The lowest BCUT2D eigenvalue weighted by atomic mass is 9.95. The highest BCUT2D eigenvalue weighted by Gasteiger charge is 2.46. The maximum atomic E-state index is 14.2. The third-order valence-corrected chi connectivity index (χ3v) is 6.50. The van der Waals surface area contributed by atoms with Crippen LogP contribution in [0.5, 0.6) is 11.5 Å². The van der Waals surface area contributed by atoms with E-state index in [9.17, 15) is 19.1 Å². The predicted molar refractivity (Wildman–Crippen MR) is 125 cm³/mol. The summed E-state index contributed by atoms with van der Waals surface area (Å²) in [7, 11) is 0. The first kappa shape index (κ1) is 23.3. The minimum Gasteiger partial charge on any atom is -0.507 e. The summed E-state index contributed by atoms with van der Waals surface area (Å²) in [6, 6.07) is 9.73. The van der Waals surface area contributed by atoms with E-state index in [-0.39, 0.29) is 11.3 Å². The molecule has 9 heteroatoms. The van der Waals surface area contributed by atoms with E-state index in [1.807, 2.05) is 0 Å². The molecule has 0 radical (unpaired) electrons. The number of halogens is 1. The zero-order valence-electron chi connectivity index (χ0n) is 19.2. The van der Waals surface area contributed by atoms with Crippen LogP contribution in [0.4, 0.5) is 4.39 Å². The number of Topliss-reactive ketones (excluding diaryl/α,β-unsaturated/α-hetero) is 1. The van der Waals surface area contributed by atoms with Crippen molar-refractivity contribution in [1.29, 1.82) is 0 Å². The molecule has 2 fully saturated rings. The van der Waals surface area contributed by atoms with Crippen molar-refractivity contribution in [3.63, 3.8) is 0 Å². The summed E-state index contributed by atoms with van der Waals surface area (Å²) < 4.78 is 30.7. The second-order valence-electron chi connectivity index (χ2n) is 8.71. The van der Waals surface area contributed by atoms with E-state index < -0.39 is 23.5 Å². The largest absolute Gasteiger partial charge is 0.507 e. The van der Waals surface area contributed by atoms with Crippen LogP contribution in [0.15, 0.2) is 48.0 Å². The molecular weight excluding hydrogens is 455 g/mol. The number of hydrogen-bond donors (Lipinski definition) is 1. The molecule has 2 aromatic rings. The highest BCUT2D eigenvalue weighted by molar-refractivity contribution is 6.46. The van der Waals surface area contributed by atoms with Crippen molar-refractivity contribution < 1.29 is 33.3 Å². The number of benzene rings is 2. The fraction of sp³-hybridized carbons (Fsp3) is 0.385. The number of aliphatic hydroxyl groups excluding tert-OH is 1. The van der Waals surface area contributed by atoms with Gasteiger partial charge in [0.15, 0.2) is 11.5 Å². The molecule has 1 N–H and O–H groups in total. The lowest BCUT2D eigenvalue weighted by molar-refractivity contribution is -0.140. The molecule has 0 spiro atoms. The zero-order valence-corrected chi connectivity index (χ0v) is 19.2. The van der Waals surface area contributed by atoms with Crippen LogP contribution in [-0.2, 0) is 14.3 Å². The van der Waals surface area contributed by atoms with Gasteiger partial charge < -0.3 is 24.2 Å². The van der Waals surface area contributed by atoms with Gasteiger partial charge in [0, 0.05) is 31.7 Å². The molecule has 0 aliphatic carbocycles. The van der Waals surface area contributed by atoms with Gasteiger partial charge >= 0.3 is 0 Å². The number of carbonyl (C=O) groups is 2. The summed E-state index contributed by atoms with van der Waals surface area (Å²) in [5.41, 5.74) is 0.681. The van der Waals surface area contributed by atoms with Crippen LogP contribution in [0.3, 0.4) is 0 Å². The molecule has 0 saturated carbocycles. The molecule has 2 saturated heterocycles. The van der Waals surface area contributed by atoms with Crippen molar-refractivity contribution in [1.82, 2.24) is 9.80 Å². The van der Waals surface area contributed by atoms with Crippen LogP contribution < -0.4 is 9.47 Å². The van der Waals surface area contributed by atoms with Crippen molar-refractivity contribution in [2.24, 2.45) is 0 Å². The van der Waals surface area contributed by atoms with E-state index in [1.165, 1.54) is 23.1 Å². The number of carbonyl (C=O) groups excluding carboxylic acids is 2. The number of ketones is 1. The van der Waals surface area contributed by atoms with Gasteiger partial charge in [-0.2, -0.15) is 0 Å². The Morgan fingerprint density at radius 3 is 2.51 bits per heavy atom. The summed E-state index contributed by atoms with van der Waals surface area (Å²) in [4.78, 5) is 29.9. The van der Waals surface area contributed by atoms with Crippen molar-refractivity contribution in [2.45, 2.75) is 12.5 Å². The SMILES string of the molecule is O=C1C(=O)N(CCCN2CCOCC2)[C@H](c2cccc(F)c2)C1=C(O)c1ccc2c(c1)OCCO2. The summed E-state index contributed by atoms with van der Waals surface area (Å²) in [5, 5.41) is 11.2. The molecule has 0 aromatic heterocycles. The van der Waals surface area contributed by atoms with Crippen molar-refractivity contribution in [2.75, 3.05) is 52.6 Å². The Hall–Kier alpha value is -3.43. The number of rotatable bonds is 6. The number of aliphatic hydroxyl groups is 1. The Morgan fingerprint density at radius 1 is 0.971 bits per heavy atom. The van der Waals surface area contributed by atoms with Gasteiger partial charge in [0.05, 0.1) is 24.8 Å². The van der Waals surface area contributed by atoms with E-state index in [4.69, 9.17) is 14.2 Å². The first-order valence-corrected chi connectivity index (χ1v) is 11.8. The summed E-state index contributed by atoms with van der Waals surface area (Å²) in [6.07, 6.45) is 0.628. The number of morpholine rings is 1. The molecule has 35 heavy (non-hydrogen) atoms. The van der Waals surface area contributed by atoms with Crippen LogP contribution >= 0.6 is 0 Å². The minimum absolute atomic E-state index is 0.0661. The number of amides is 1. The minimum atomic E-state index is -0.899. The maximum absolute atomic E-state index is 14.2. The first-order valence-electron chi connectivity index (χ1n) is 11.8. The van der Waals surface area contributed by atoms with Gasteiger partial charge in [0.25, 0.3) is 11.7 Å². The van der Waals surface area contributed by atoms with Crippen molar-refractivity contribution in [3.8, 4) is 11.5 Å². The van der Waals surface area contributed by atoms with Gasteiger partial charge in [0.2, 0.25) is 0 Å². The average molecular weight is 483 g/mol. The van der Waals surface area contributed by atoms with E-state index in [0.29, 0.717) is 62.0 Å². The molecule has 3 aliphatic rings. The predicted octanol–water partition coefficient (Wildman–Crippen LogP) is 2.74. The van der Waals surface area contributed by atoms with Gasteiger partial charge in [-0.05, 0) is 42.3 Å². The van der Waals surface area contributed by atoms with Gasteiger partial charge in [-0.15, -0.1) is 0 Å². The van der Waals surface area contributed by atoms with Crippen LogP contribution in [0, 0.1) is 5.82 Å². The molecule has 3 aliphatic heterocycles. The third kappa shape index (κ3) is 4.74. The molecular formula is C26H27FN2O6. The van der Waals surface area contributed by atoms with Crippen LogP contribution in [-0.4, -0.2) is 79.2 Å². The fourth-order valence-electron chi connectivity index (χ4n) is 4.77. The van der Waals surface area contributed by atoms with Crippen LogP contribution in [0.25, 0.3) is 5.76 Å². The van der Waals surface area contributed by atoms with Crippen LogP contribution in [0.1, 0.15) is 23.6 Å². The van der Waals surface area contributed by atoms with E-state index in [0.717, 1.165) is 19.6 Å². The normalized spacial score (nSPS) is 22.0. The zero-order chi connectivity index (χ0) is 24.4. The quantitative estimate of drug-likeness (QED) is 0.385. The Bertz CT molecular complexity index is 1160. The maximum Gasteiger partial charge on any atom is 0.295 e. The van der Waals surface area contributed by atoms with Gasteiger partial charge in [-0.3, -0.25) is 14.5 Å². The van der Waals surface area contributed by atoms with Crippen LogP contribution in [0.2, 0.25) is 0 Å². The Kier molecular flexibility index (Phi) is 6.70. The fourth-order valence-corrected chi connectivity index (χ4v) is 4.77. The standard InChI is InChI=1S/C26H27FN2O6/c27-19-4-1-3-17(15-19)23-22(24(30)18-5-6-20-21(16-18)35-14-13-34-20)25(31)26(32)29(23)8-2-7-28-9-11-33-12-10-28/h1,3-6,15-16,23,30H,2,7-14H2/t23-/m1/s1. The van der Waals surface area contributed by atoms with E-state index >= 15 is 0 Å². The molecule has 0 unspecified atom stereocenters. The Labute approximate surface area is 202 Å². The van der Waals surface area contributed by atoms with Gasteiger partial charge in [0.1, 0.15) is 24.8 Å². The molecule has 1 atom stereocenters. The highest BCUT2D eigenvalue weighted by Crippen LogP contribution is 2.41. The molecule has 8 nitrogen and oxygen atoms in total. The number of fused-ring (bicyclic) bond motifs is 1. The van der Waals surface area contributed by atoms with Gasteiger partial charge in [-0.1, -0.05) is 12.1 Å². The summed E-state index contributed by atoms with van der Waals surface area (Å²) >= 11 is 0. The molecule has 0 bridgehead atoms. The number of likely N-dealkylation sites (tertiary alicyclic amines) is 1. The number of ether oxygens (including phenoxy) is 3. The van der Waals surface area contributed by atoms with E-state index in [2.05, 4.69) is 4.90 Å². The topological polar surface area (TPSA) is 88.5 Å². The van der Waals surface area contributed by atoms with Crippen molar-refractivity contribution in [3.05, 3.63) is 65.0 Å². The number of hydrogen-bond acceptors (Lipinski definition) is 7. The third-order valence-electron chi connectivity index (χ3n) is 6.50. The highest BCUT2D eigenvalue weighted by atomic mass is 19.1. The molecule has 184 valence electrons.